The molecule has 2 aromatic rings. The van der Waals surface area contributed by atoms with Gasteiger partial charge in [0.05, 0.1) is 6.61 Å². The molecule has 1 saturated carbocycles. The van der Waals surface area contributed by atoms with Crippen LogP contribution in [0.25, 0.3) is 0 Å². The Morgan fingerprint density at radius 1 is 0.860 bits per heavy atom. The van der Waals surface area contributed by atoms with E-state index in [9.17, 15) is 29.4 Å². The molecule has 43 heavy (non-hydrogen) atoms. The summed E-state index contributed by atoms with van der Waals surface area (Å²) in [6.07, 6.45) is 0.435. The number of hydrogen-bond donors (Lipinski definition) is 4. The summed E-state index contributed by atoms with van der Waals surface area (Å²) in [6.45, 7) is 9.45. The zero-order valence-corrected chi connectivity index (χ0v) is 25.6. The lowest BCUT2D eigenvalue weighted by atomic mass is 10.0. The van der Waals surface area contributed by atoms with Gasteiger partial charge in [-0.3, -0.25) is 9.59 Å². The first-order valence-electron chi connectivity index (χ1n) is 14.4. The maximum atomic E-state index is 14.1. The van der Waals surface area contributed by atoms with Crippen molar-refractivity contribution in [2.75, 3.05) is 6.61 Å². The van der Waals surface area contributed by atoms with Gasteiger partial charge < -0.3 is 35.2 Å². The van der Waals surface area contributed by atoms with Gasteiger partial charge in [0.25, 0.3) is 0 Å². The Morgan fingerprint density at radius 2 is 1.44 bits per heavy atom. The molecule has 1 aliphatic carbocycles. The molecule has 11 heteroatoms. The quantitative estimate of drug-likeness (QED) is 0.288. The average Bonchev–Trinajstić information content (AvgIpc) is 3.74. The van der Waals surface area contributed by atoms with E-state index < -0.39 is 59.8 Å². The fourth-order valence-corrected chi connectivity index (χ4v) is 4.45. The minimum absolute atomic E-state index is 0.0391. The molecule has 234 valence electrons. The number of nitrogens with one attached hydrogen (secondary N) is 2. The molecule has 0 saturated heterocycles. The Labute approximate surface area is 252 Å². The summed E-state index contributed by atoms with van der Waals surface area (Å²) in [5.41, 5.74) is -0.498. The lowest BCUT2D eigenvalue weighted by molar-refractivity contribution is -0.159. The number of amides is 3. The van der Waals surface area contributed by atoms with Crippen LogP contribution in [0.15, 0.2) is 54.6 Å². The van der Waals surface area contributed by atoms with Gasteiger partial charge in [-0.15, -0.1) is 0 Å². The van der Waals surface area contributed by atoms with Crippen molar-refractivity contribution in [3.63, 3.8) is 0 Å². The van der Waals surface area contributed by atoms with Gasteiger partial charge in [-0.25, -0.2) is 9.59 Å². The van der Waals surface area contributed by atoms with Crippen LogP contribution < -0.4 is 10.6 Å². The first kappa shape index (κ1) is 33.4. The number of alkyl carbamates (subject to hydrolysis) is 1. The zero-order valence-electron chi connectivity index (χ0n) is 25.6. The number of carbonyl (C=O) groups excluding carboxylic acids is 4. The summed E-state index contributed by atoms with van der Waals surface area (Å²) < 4.78 is 10.9. The second-order valence-electron chi connectivity index (χ2n) is 12.6. The Hall–Kier alpha value is -4.12. The fraction of sp³-hybridized carbons (Fsp3) is 0.500. The van der Waals surface area contributed by atoms with E-state index in [1.165, 1.54) is 29.2 Å². The minimum Gasteiger partial charge on any atom is -0.508 e. The molecule has 0 aliphatic heterocycles. The monoisotopic (exact) mass is 597 g/mol. The SMILES string of the molecule is CC(C)(C)OC(=O)NC(CO)C(=O)N(C1CC1)C(C(=O)NC(Cc1ccccc1)C(=O)OC(C)(C)C)c1ccc(O)cc1. The van der Waals surface area contributed by atoms with E-state index in [0.29, 0.717) is 18.4 Å². The van der Waals surface area contributed by atoms with Crippen LogP contribution in [0.4, 0.5) is 4.79 Å². The lowest BCUT2D eigenvalue weighted by Crippen LogP contribution is -2.56. The van der Waals surface area contributed by atoms with E-state index in [0.717, 1.165) is 5.56 Å². The minimum atomic E-state index is -1.39. The second-order valence-corrected chi connectivity index (χ2v) is 12.6. The third kappa shape index (κ3) is 10.3. The molecule has 3 amide bonds. The fourth-order valence-electron chi connectivity index (χ4n) is 4.45. The molecule has 11 nitrogen and oxygen atoms in total. The lowest BCUT2D eigenvalue weighted by Gasteiger charge is -2.35. The first-order valence-corrected chi connectivity index (χ1v) is 14.4. The molecular formula is C32H43N3O8. The highest BCUT2D eigenvalue weighted by molar-refractivity contribution is 5.94. The van der Waals surface area contributed by atoms with Gasteiger partial charge in [-0.05, 0) is 77.6 Å². The van der Waals surface area contributed by atoms with E-state index in [1.807, 2.05) is 30.3 Å². The van der Waals surface area contributed by atoms with Crippen molar-refractivity contribution in [2.24, 2.45) is 0 Å². The molecule has 0 aromatic heterocycles. The highest BCUT2D eigenvalue weighted by Crippen LogP contribution is 2.36. The topological polar surface area (TPSA) is 154 Å². The highest BCUT2D eigenvalue weighted by Gasteiger charge is 2.45. The molecular weight excluding hydrogens is 554 g/mol. The number of hydrogen-bond acceptors (Lipinski definition) is 8. The summed E-state index contributed by atoms with van der Waals surface area (Å²) in [4.78, 5) is 55.2. The Morgan fingerprint density at radius 3 is 1.95 bits per heavy atom. The smallest absolute Gasteiger partial charge is 0.408 e. The Kier molecular flexibility index (Phi) is 10.8. The van der Waals surface area contributed by atoms with Gasteiger partial charge in [0.15, 0.2) is 0 Å². The van der Waals surface area contributed by atoms with Crippen LogP contribution in [-0.4, -0.2) is 74.9 Å². The van der Waals surface area contributed by atoms with Gasteiger partial charge in [-0.2, -0.15) is 0 Å². The van der Waals surface area contributed by atoms with E-state index in [4.69, 9.17) is 9.47 Å². The van der Waals surface area contributed by atoms with Gasteiger partial charge in [0, 0.05) is 12.5 Å². The van der Waals surface area contributed by atoms with Crippen molar-refractivity contribution >= 4 is 23.9 Å². The molecule has 0 spiro atoms. The van der Waals surface area contributed by atoms with Crippen molar-refractivity contribution < 1.29 is 38.9 Å². The maximum absolute atomic E-state index is 14.1. The molecule has 1 aliphatic rings. The molecule has 0 radical (unpaired) electrons. The first-order chi connectivity index (χ1) is 20.1. The van der Waals surface area contributed by atoms with Gasteiger partial charge in [0.1, 0.15) is 35.1 Å². The molecule has 0 heterocycles. The third-order valence-electron chi connectivity index (χ3n) is 6.39. The van der Waals surface area contributed by atoms with Gasteiger partial charge in [0.2, 0.25) is 11.8 Å². The molecule has 0 bridgehead atoms. The number of aliphatic hydroxyl groups excluding tert-OH is 1. The zero-order chi connectivity index (χ0) is 31.9. The van der Waals surface area contributed by atoms with Crippen molar-refractivity contribution in [1.82, 2.24) is 15.5 Å². The van der Waals surface area contributed by atoms with Crippen LogP contribution in [0.1, 0.15) is 71.6 Å². The van der Waals surface area contributed by atoms with E-state index in [1.54, 1.807) is 41.5 Å². The predicted molar refractivity (Wildman–Crippen MR) is 159 cm³/mol. The number of aromatic hydroxyl groups is 1. The summed E-state index contributed by atoms with van der Waals surface area (Å²) >= 11 is 0. The van der Waals surface area contributed by atoms with Crippen molar-refractivity contribution in [3.8, 4) is 5.75 Å². The molecule has 2 aromatic carbocycles. The number of nitrogens with zero attached hydrogens (tertiary/aromatic N) is 1. The number of rotatable bonds is 11. The van der Waals surface area contributed by atoms with Crippen molar-refractivity contribution in [2.45, 2.75) is 96.2 Å². The number of ether oxygens (including phenoxy) is 2. The standard InChI is InChI=1S/C32H43N3O8/c1-31(2,3)42-29(40)24(18-20-10-8-7-9-11-20)33-27(38)26(21-12-16-23(37)17-13-21)35(22-14-15-22)28(39)25(19-36)34-30(41)43-32(4,5)6/h7-13,16-17,22,24-26,36-37H,14-15,18-19H2,1-6H3,(H,33,38)(H,34,41). The van der Waals surface area contributed by atoms with Gasteiger partial charge >= 0.3 is 12.1 Å². The number of esters is 1. The van der Waals surface area contributed by atoms with Crippen LogP contribution in [0.3, 0.4) is 0 Å². The summed E-state index contributed by atoms with van der Waals surface area (Å²) in [7, 11) is 0. The largest absolute Gasteiger partial charge is 0.508 e. The Bertz CT molecular complexity index is 1260. The number of carbonyl (C=O) groups is 4. The number of phenolic OH excluding ortho intramolecular Hbond substituents is 1. The molecule has 1 fully saturated rings. The number of phenols is 1. The normalized spacial score (nSPS) is 15.4. The van der Waals surface area contributed by atoms with E-state index in [-0.39, 0.29) is 18.2 Å². The maximum Gasteiger partial charge on any atom is 0.408 e. The van der Waals surface area contributed by atoms with Gasteiger partial charge in [-0.1, -0.05) is 42.5 Å². The Balaban J connectivity index is 1.98. The van der Waals surface area contributed by atoms with Crippen LogP contribution in [0.2, 0.25) is 0 Å². The summed E-state index contributed by atoms with van der Waals surface area (Å²) in [6, 6.07) is 10.9. The van der Waals surface area contributed by atoms with E-state index in [2.05, 4.69) is 10.6 Å². The molecule has 3 unspecified atom stereocenters. The summed E-state index contributed by atoms with van der Waals surface area (Å²) in [5.74, 6) is -2.03. The summed E-state index contributed by atoms with van der Waals surface area (Å²) in [5, 5.41) is 25.2. The second kappa shape index (κ2) is 13.9. The van der Waals surface area contributed by atoms with Crippen LogP contribution in [-0.2, 0) is 30.3 Å². The predicted octanol–water partition coefficient (Wildman–Crippen LogP) is 3.38. The molecule has 4 N–H and O–H groups in total. The van der Waals surface area contributed by atoms with Crippen molar-refractivity contribution in [3.05, 3.63) is 65.7 Å². The number of aliphatic hydroxyl groups is 1. The third-order valence-corrected chi connectivity index (χ3v) is 6.39. The number of benzene rings is 2. The average molecular weight is 598 g/mol. The highest BCUT2D eigenvalue weighted by atomic mass is 16.6. The molecule has 3 rings (SSSR count). The van der Waals surface area contributed by atoms with Crippen LogP contribution in [0.5, 0.6) is 5.75 Å². The molecule has 3 atom stereocenters. The van der Waals surface area contributed by atoms with E-state index >= 15 is 0 Å². The van der Waals surface area contributed by atoms with Crippen LogP contribution >= 0.6 is 0 Å². The van der Waals surface area contributed by atoms with Crippen LogP contribution in [0, 0.1) is 0 Å². The van der Waals surface area contributed by atoms with Crippen molar-refractivity contribution in [1.29, 1.82) is 0 Å².